The second-order valence-electron chi connectivity index (χ2n) is 9.74. The maximum atomic E-state index is 6.32. The van der Waals surface area contributed by atoms with Crippen LogP contribution in [0.3, 0.4) is 0 Å². The zero-order chi connectivity index (χ0) is 22.2. The Balaban J connectivity index is 1.49. The monoisotopic (exact) mass is 424 g/mol. The molecule has 1 aliphatic carbocycles. The highest BCUT2D eigenvalue weighted by atomic mass is 16.3. The molecular formula is C32H24O. The van der Waals surface area contributed by atoms with Crippen molar-refractivity contribution in [2.24, 2.45) is 0 Å². The van der Waals surface area contributed by atoms with E-state index in [1.165, 1.54) is 54.9 Å². The summed E-state index contributed by atoms with van der Waals surface area (Å²) < 4.78 is 6.32. The largest absolute Gasteiger partial charge is 0.456 e. The number of benzene rings is 5. The van der Waals surface area contributed by atoms with Crippen LogP contribution >= 0.6 is 0 Å². The van der Waals surface area contributed by atoms with Gasteiger partial charge in [0, 0.05) is 16.2 Å². The van der Waals surface area contributed by atoms with Crippen LogP contribution in [0.2, 0.25) is 0 Å². The Morgan fingerprint density at radius 3 is 2.27 bits per heavy atom. The third kappa shape index (κ3) is 2.54. The Morgan fingerprint density at radius 1 is 0.606 bits per heavy atom. The van der Waals surface area contributed by atoms with Gasteiger partial charge in [-0.1, -0.05) is 98.8 Å². The Kier molecular flexibility index (Phi) is 3.73. The van der Waals surface area contributed by atoms with Gasteiger partial charge >= 0.3 is 0 Å². The molecular weight excluding hydrogens is 400 g/mol. The van der Waals surface area contributed by atoms with Crippen molar-refractivity contribution < 1.29 is 4.42 Å². The maximum Gasteiger partial charge on any atom is 0.136 e. The lowest BCUT2D eigenvalue weighted by molar-refractivity contribution is 0.660. The van der Waals surface area contributed by atoms with Gasteiger partial charge < -0.3 is 4.42 Å². The van der Waals surface area contributed by atoms with Crippen molar-refractivity contribution in [3.8, 4) is 11.1 Å². The van der Waals surface area contributed by atoms with Crippen molar-refractivity contribution >= 4 is 32.7 Å². The summed E-state index contributed by atoms with van der Waals surface area (Å²) in [5.74, 6) is 0. The minimum atomic E-state index is 0.0203. The zero-order valence-corrected chi connectivity index (χ0v) is 18.9. The first-order chi connectivity index (χ1) is 16.1. The molecule has 1 aliphatic rings. The van der Waals surface area contributed by atoms with E-state index in [0.717, 1.165) is 17.6 Å². The van der Waals surface area contributed by atoms with Gasteiger partial charge in [0.05, 0.1) is 0 Å². The van der Waals surface area contributed by atoms with E-state index in [1.807, 2.05) is 0 Å². The summed E-state index contributed by atoms with van der Waals surface area (Å²) >= 11 is 0. The molecule has 7 rings (SSSR count). The van der Waals surface area contributed by atoms with Crippen LogP contribution in [0.5, 0.6) is 0 Å². The highest BCUT2D eigenvalue weighted by Gasteiger charge is 2.36. The van der Waals surface area contributed by atoms with E-state index in [9.17, 15) is 0 Å². The zero-order valence-electron chi connectivity index (χ0n) is 18.9. The fourth-order valence-corrected chi connectivity index (χ4v) is 5.99. The van der Waals surface area contributed by atoms with E-state index in [-0.39, 0.29) is 5.41 Å². The number of furan rings is 1. The lowest BCUT2D eigenvalue weighted by Gasteiger charge is -2.21. The molecule has 0 saturated carbocycles. The fraction of sp³-hybridized carbons (Fsp3) is 0.125. The van der Waals surface area contributed by atoms with Crippen molar-refractivity contribution in [3.63, 3.8) is 0 Å². The first-order valence-corrected chi connectivity index (χ1v) is 11.7. The van der Waals surface area contributed by atoms with Gasteiger partial charge in [-0.05, 0) is 62.7 Å². The van der Waals surface area contributed by atoms with Crippen LogP contribution in [-0.4, -0.2) is 0 Å². The molecule has 0 N–H and O–H groups in total. The molecule has 33 heavy (non-hydrogen) atoms. The summed E-state index contributed by atoms with van der Waals surface area (Å²) in [6.07, 6.45) is 0.878. The van der Waals surface area contributed by atoms with Crippen molar-refractivity contribution in [2.75, 3.05) is 0 Å². The maximum absolute atomic E-state index is 6.32. The van der Waals surface area contributed by atoms with E-state index < -0.39 is 0 Å². The molecule has 0 atom stereocenters. The van der Waals surface area contributed by atoms with Gasteiger partial charge in [-0.25, -0.2) is 0 Å². The molecule has 1 aromatic heterocycles. The Morgan fingerprint density at radius 2 is 1.33 bits per heavy atom. The predicted molar refractivity (Wildman–Crippen MR) is 138 cm³/mol. The molecule has 0 spiro atoms. The standard InChI is InChI=1S/C32H24O/c1-32(2)25-14-6-5-13-24(25)29-21(10-7-15-26(29)32)19-22-11-8-16-27-30(22)31-23-12-4-3-9-20(23)17-18-28(31)33-27/h3-18H,19H2,1-2H3. The molecule has 0 fully saturated rings. The molecule has 0 unspecified atom stereocenters. The van der Waals surface area contributed by atoms with Crippen LogP contribution in [0.25, 0.3) is 43.8 Å². The van der Waals surface area contributed by atoms with E-state index in [2.05, 4.69) is 111 Å². The molecule has 5 aromatic carbocycles. The van der Waals surface area contributed by atoms with E-state index in [4.69, 9.17) is 4.42 Å². The number of fused-ring (bicyclic) bond motifs is 8. The second-order valence-corrected chi connectivity index (χ2v) is 9.74. The molecule has 0 amide bonds. The van der Waals surface area contributed by atoms with E-state index >= 15 is 0 Å². The molecule has 1 heterocycles. The molecule has 0 radical (unpaired) electrons. The molecule has 1 nitrogen and oxygen atoms in total. The van der Waals surface area contributed by atoms with Crippen molar-refractivity contribution in [1.29, 1.82) is 0 Å². The van der Waals surface area contributed by atoms with Gasteiger partial charge in [-0.15, -0.1) is 0 Å². The summed E-state index contributed by atoms with van der Waals surface area (Å²) in [6, 6.07) is 35.1. The predicted octanol–water partition coefficient (Wildman–Crippen LogP) is 8.64. The molecule has 158 valence electrons. The Labute approximate surface area is 193 Å². The highest BCUT2D eigenvalue weighted by Crippen LogP contribution is 2.50. The van der Waals surface area contributed by atoms with Crippen molar-refractivity contribution in [3.05, 3.63) is 119 Å². The minimum absolute atomic E-state index is 0.0203. The van der Waals surface area contributed by atoms with Gasteiger partial charge in [0.15, 0.2) is 0 Å². The van der Waals surface area contributed by atoms with E-state index in [1.54, 1.807) is 0 Å². The van der Waals surface area contributed by atoms with Crippen LogP contribution in [0, 0.1) is 0 Å². The fourth-order valence-electron chi connectivity index (χ4n) is 5.99. The normalized spacial score (nSPS) is 14.1. The smallest absolute Gasteiger partial charge is 0.136 e. The van der Waals surface area contributed by atoms with Crippen LogP contribution < -0.4 is 0 Å². The third-order valence-corrected chi connectivity index (χ3v) is 7.55. The Bertz CT molecular complexity index is 1710. The summed E-state index contributed by atoms with van der Waals surface area (Å²) in [4.78, 5) is 0. The topological polar surface area (TPSA) is 13.1 Å². The Hall–Kier alpha value is -3.84. The summed E-state index contributed by atoms with van der Waals surface area (Å²) in [5.41, 5.74) is 10.3. The molecule has 0 aliphatic heterocycles. The van der Waals surface area contributed by atoms with Gasteiger partial charge in [0.1, 0.15) is 11.2 Å². The minimum Gasteiger partial charge on any atom is -0.456 e. The quantitative estimate of drug-likeness (QED) is 0.271. The summed E-state index contributed by atoms with van der Waals surface area (Å²) in [6.45, 7) is 4.69. The average molecular weight is 425 g/mol. The molecule has 0 saturated heterocycles. The SMILES string of the molecule is CC1(C)c2ccccc2-c2c(Cc3cccc4oc5ccc6ccccc6c5c34)cccc21. The van der Waals surface area contributed by atoms with E-state index in [0.29, 0.717) is 0 Å². The van der Waals surface area contributed by atoms with Crippen LogP contribution in [0.15, 0.2) is 101 Å². The molecule has 0 bridgehead atoms. The first kappa shape index (κ1) is 18.7. The average Bonchev–Trinajstić information content (AvgIpc) is 3.34. The van der Waals surface area contributed by atoms with Crippen molar-refractivity contribution in [2.45, 2.75) is 25.7 Å². The summed E-state index contributed by atoms with van der Waals surface area (Å²) in [7, 11) is 0. The number of rotatable bonds is 2. The van der Waals surface area contributed by atoms with Gasteiger partial charge in [-0.3, -0.25) is 0 Å². The summed E-state index contributed by atoms with van der Waals surface area (Å²) in [5, 5.41) is 4.98. The van der Waals surface area contributed by atoms with Gasteiger partial charge in [0.25, 0.3) is 0 Å². The number of hydrogen-bond acceptors (Lipinski definition) is 1. The second kappa shape index (κ2) is 6.59. The number of hydrogen-bond donors (Lipinski definition) is 0. The van der Waals surface area contributed by atoms with Gasteiger partial charge in [-0.2, -0.15) is 0 Å². The lowest BCUT2D eigenvalue weighted by atomic mass is 9.82. The third-order valence-electron chi connectivity index (χ3n) is 7.55. The molecule has 1 heteroatoms. The lowest BCUT2D eigenvalue weighted by Crippen LogP contribution is -2.14. The van der Waals surface area contributed by atoms with Crippen LogP contribution in [-0.2, 0) is 11.8 Å². The first-order valence-electron chi connectivity index (χ1n) is 11.7. The van der Waals surface area contributed by atoms with Gasteiger partial charge in [0.2, 0.25) is 0 Å². The van der Waals surface area contributed by atoms with Crippen molar-refractivity contribution in [1.82, 2.24) is 0 Å². The molecule has 6 aromatic rings. The van der Waals surface area contributed by atoms with Crippen LogP contribution in [0.1, 0.15) is 36.1 Å². The van der Waals surface area contributed by atoms with Crippen LogP contribution in [0.4, 0.5) is 0 Å². The highest BCUT2D eigenvalue weighted by molar-refractivity contribution is 6.19.